The van der Waals surface area contributed by atoms with Crippen molar-refractivity contribution in [2.45, 2.75) is 13.8 Å². The fourth-order valence-corrected chi connectivity index (χ4v) is 1.46. The first-order chi connectivity index (χ1) is 8.08. The number of nitrogen functional groups attached to an aromatic ring is 1. The number of nitrogens with zero attached hydrogens (tertiary/aromatic N) is 1. The zero-order valence-electron chi connectivity index (χ0n) is 9.74. The number of hydrogen-bond acceptors (Lipinski definition) is 3. The maximum atomic E-state index is 11.9. The van der Waals surface area contributed by atoms with Crippen molar-refractivity contribution in [3.8, 4) is 0 Å². The molecule has 0 bridgehead atoms. The Kier molecular flexibility index (Phi) is 2.82. The predicted molar refractivity (Wildman–Crippen MR) is 66.9 cm³/mol. The second kappa shape index (κ2) is 4.29. The average molecular weight is 230 g/mol. The minimum absolute atomic E-state index is 0.205. The number of anilines is 2. The number of nitrogens with two attached hydrogens (primary N) is 1. The normalized spacial score (nSPS) is 10.2. The van der Waals surface area contributed by atoms with E-state index in [1.807, 2.05) is 26.0 Å². The number of aromatic amines is 1. The van der Waals surface area contributed by atoms with E-state index in [-0.39, 0.29) is 5.91 Å². The van der Waals surface area contributed by atoms with Crippen LogP contribution in [0.25, 0.3) is 0 Å². The number of carbonyl (C=O) groups is 1. The molecule has 0 saturated heterocycles. The number of aromatic nitrogens is 2. The molecule has 5 nitrogen and oxygen atoms in total. The second-order valence-corrected chi connectivity index (χ2v) is 3.95. The highest BCUT2D eigenvalue weighted by molar-refractivity contribution is 6.05. The molecule has 2 rings (SSSR count). The molecule has 2 aromatic rings. The van der Waals surface area contributed by atoms with Crippen molar-refractivity contribution in [2.75, 3.05) is 11.1 Å². The van der Waals surface area contributed by atoms with Crippen molar-refractivity contribution in [3.63, 3.8) is 0 Å². The molecular weight excluding hydrogens is 216 g/mol. The minimum Gasteiger partial charge on any atom is -0.394 e. The van der Waals surface area contributed by atoms with E-state index in [9.17, 15) is 4.79 Å². The summed E-state index contributed by atoms with van der Waals surface area (Å²) in [6, 6.07) is 5.54. The molecule has 0 aliphatic carbocycles. The molecule has 17 heavy (non-hydrogen) atoms. The summed E-state index contributed by atoms with van der Waals surface area (Å²) in [6.45, 7) is 3.97. The van der Waals surface area contributed by atoms with E-state index in [1.54, 1.807) is 6.07 Å². The number of H-pyrrole nitrogens is 1. The topological polar surface area (TPSA) is 83.8 Å². The van der Waals surface area contributed by atoms with Gasteiger partial charge >= 0.3 is 0 Å². The first-order valence-corrected chi connectivity index (χ1v) is 5.25. The number of carbonyl (C=O) groups excluding carboxylic acids is 1. The van der Waals surface area contributed by atoms with Gasteiger partial charge in [0.25, 0.3) is 5.91 Å². The van der Waals surface area contributed by atoms with Gasteiger partial charge in [-0.2, -0.15) is 5.10 Å². The maximum Gasteiger partial charge on any atom is 0.256 e. The monoisotopic (exact) mass is 230 g/mol. The summed E-state index contributed by atoms with van der Waals surface area (Å²) >= 11 is 0. The first kappa shape index (κ1) is 11.2. The molecule has 0 radical (unpaired) electrons. The number of benzene rings is 1. The lowest BCUT2D eigenvalue weighted by Gasteiger charge is -2.06. The fourth-order valence-electron chi connectivity index (χ4n) is 1.46. The van der Waals surface area contributed by atoms with Crippen LogP contribution in [-0.4, -0.2) is 16.1 Å². The Morgan fingerprint density at radius 1 is 1.35 bits per heavy atom. The molecule has 1 amide bonds. The van der Waals surface area contributed by atoms with Gasteiger partial charge in [-0.05, 0) is 37.1 Å². The van der Waals surface area contributed by atoms with Crippen molar-refractivity contribution in [3.05, 3.63) is 41.1 Å². The maximum absolute atomic E-state index is 11.9. The lowest BCUT2D eigenvalue weighted by molar-refractivity contribution is 0.102. The quantitative estimate of drug-likeness (QED) is 0.736. The molecule has 1 aromatic heterocycles. The number of hydrogen-bond donors (Lipinski definition) is 3. The first-order valence-electron chi connectivity index (χ1n) is 5.25. The van der Waals surface area contributed by atoms with Gasteiger partial charge in [0.05, 0.1) is 11.9 Å². The van der Waals surface area contributed by atoms with E-state index in [0.29, 0.717) is 17.1 Å². The van der Waals surface area contributed by atoms with Gasteiger partial charge in [0.2, 0.25) is 0 Å². The zero-order chi connectivity index (χ0) is 12.4. The summed E-state index contributed by atoms with van der Waals surface area (Å²) in [7, 11) is 0. The predicted octanol–water partition coefficient (Wildman–Crippen LogP) is 1.86. The Hall–Kier alpha value is -2.30. The summed E-state index contributed by atoms with van der Waals surface area (Å²) < 4.78 is 0. The van der Waals surface area contributed by atoms with Gasteiger partial charge in [0, 0.05) is 5.56 Å². The van der Waals surface area contributed by atoms with Crippen LogP contribution in [0.2, 0.25) is 0 Å². The number of aryl methyl sites for hydroxylation is 2. The molecule has 0 unspecified atom stereocenters. The number of rotatable bonds is 2. The van der Waals surface area contributed by atoms with Gasteiger partial charge < -0.3 is 11.1 Å². The van der Waals surface area contributed by atoms with Crippen LogP contribution in [0.15, 0.2) is 24.4 Å². The van der Waals surface area contributed by atoms with Crippen LogP contribution in [0, 0.1) is 13.8 Å². The SMILES string of the molecule is Cc1ccc(C(=O)Nc2[nH]ncc2N)cc1C. The zero-order valence-corrected chi connectivity index (χ0v) is 9.74. The molecule has 88 valence electrons. The molecule has 1 heterocycles. The van der Waals surface area contributed by atoms with E-state index in [2.05, 4.69) is 15.5 Å². The fraction of sp³-hybridized carbons (Fsp3) is 0.167. The van der Waals surface area contributed by atoms with Crippen LogP contribution in [-0.2, 0) is 0 Å². The molecule has 0 atom stereocenters. The Balaban J connectivity index is 2.20. The molecule has 0 fully saturated rings. The second-order valence-electron chi connectivity index (χ2n) is 3.95. The van der Waals surface area contributed by atoms with Crippen LogP contribution in [0.1, 0.15) is 21.5 Å². The standard InChI is InChI=1S/C12H14N4O/c1-7-3-4-9(5-8(7)2)12(17)15-11-10(13)6-14-16-11/h3-6H,13H2,1-2H3,(H2,14,15,16,17). The largest absolute Gasteiger partial charge is 0.394 e. The lowest BCUT2D eigenvalue weighted by Crippen LogP contribution is -2.13. The third kappa shape index (κ3) is 2.28. The smallest absolute Gasteiger partial charge is 0.256 e. The van der Waals surface area contributed by atoms with Crippen molar-refractivity contribution in [1.82, 2.24) is 10.2 Å². The molecule has 0 spiro atoms. The van der Waals surface area contributed by atoms with Gasteiger partial charge in [-0.1, -0.05) is 6.07 Å². The minimum atomic E-state index is -0.205. The van der Waals surface area contributed by atoms with Crippen LogP contribution >= 0.6 is 0 Å². The van der Waals surface area contributed by atoms with Crippen LogP contribution in [0.5, 0.6) is 0 Å². The highest BCUT2D eigenvalue weighted by Crippen LogP contribution is 2.15. The van der Waals surface area contributed by atoms with Gasteiger partial charge in [-0.25, -0.2) is 0 Å². The van der Waals surface area contributed by atoms with E-state index in [4.69, 9.17) is 5.73 Å². The molecule has 0 saturated carbocycles. The third-order valence-corrected chi connectivity index (χ3v) is 2.68. The highest BCUT2D eigenvalue weighted by Gasteiger charge is 2.09. The molecule has 0 aliphatic rings. The number of amides is 1. The van der Waals surface area contributed by atoms with Crippen LogP contribution < -0.4 is 11.1 Å². The Morgan fingerprint density at radius 3 is 2.71 bits per heavy atom. The van der Waals surface area contributed by atoms with Crippen molar-refractivity contribution in [2.24, 2.45) is 0 Å². The summed E-state index contributed by atoms with van der Waals surface area (Å²) in [5.41, 5.74) is 8.86. The third-order valence-electron chi connectivity index (χ3n) is 2.68. The lowest BCUT2D eigenvalue weighted by atomic mass is 10.1. The van der Waals surface area contributed by atoms with Gasteiger partial charge in [0.1, 0.15) is 0 Å². The number of nitrogens with one attached hydrogen (secondary N) is 2. The van der Waals surface area contributed by atoms with Gasteiger partial charge in [-0.15, -0.1) is 0 Å². The Bertz CT molecular complexity index is 559. The van der Waals surface area contributed by atoms with Gasteiger partial charge in [0.15, 0.2) is 5.82 Å². The molecule has 4 N–H and O–H groups in total. The van der Waals surface area contributed by atoms with Crippen molar-refractivity contribution in [1.29, 1.82) is 0 Å². The van der Waals surface area contributed by atoms with Crippen molar-refractivity contribution < 1.29 is 4.79 Å². The average Bonchev–Trinajstić information content (AvgIpc) is 2.68. The van der Waals surface area contributed by atoms with E-state index in [0.717, 1.165) is 11.1 Å². The molecular formula is C12H14N4O. The summed E-state index contributed by atoms with van der Waals surface area (Å²) in [5.74, 6) is 0.220. The molecule has 1 aromatic carbocycles. The summed E-state index contributed by atoms with van der Waals surface area (Å²) in [4.78, 5) is 11.9. The van der Waals surface area contributed by atoms with E-state index in [1.165, 1.54) is 6.20 Å². The Morgan fingerprint density at radius 2 is 2.12 bits per heavy atom. The van der Waals surface area contributed by atoms with E-state index < -0.39 is 0 Å². The van der Waals surface area contributed by atoms with Crippen molar-refractivity contribution >= 4 is 17.4 Å². The molecule has 5 heteroatoms. The van der Waals surface area contributed by atoms with E-state index >= 15 is 0 Å². The summed E-state index contributed by atoms with van der Waals surface area (Å²) in [5, 5.41) is 9.03. The Labute approximate surface area is 99.0 Å². The van der Waals surface area contributed by atoms with Gasteiger partial charge in [-0.3, -0.25) is 9.89 Å². The van der Waals surface area contributed by atoms with Crippen LogP contribution in [0.4, 0.5) is 11.5 Å². The highest BCUT2D eigenvalue weighted by atomic mass is 16.1. The summed E-state index contributed by atoms with van der Waals surface area (Å²) in [6.07, 6.45) is 1.45. The molecule has 0 aliphatic heterocycles. The van der Waals surface area contributed by atoms with Crippen LogP contribution in [0.3, 0.4) is 0 Å².